The standard InChI is InChI=1S/C8H14N4OS/c14-8-11-10-7(13-8)1-4-12-5-2-9-3-6-12/h9H,1-6H2,(H,11,14). The van der Waals surface area contributed by atoms with Crippen LogP contribution in [0.5, 0.6) is 0 Å². The smallest absolute Gasteiger partial charge is 0.284 e. The molecule has 78 valence electrons. The monoisotopic (exact) mass is 214 g/mol. The molecule has 0 spiro atoms. The zero-order valence-corrected chi connectivity index (χ0v) is 8.77. The van der Waals surface area contributed by atoms with Gasteiger partial charge in [0.1, 0.15) is 0 Å². The van der Waals surface area contributed by atoms with Crippen molar-refractivity contribution in [3.8, 4) is 0 Å². The second kappa shape index (κ2) is 4.68. The van der Waals surface area contributed by atoms with E-state index >= 15 is 0 Å². The fourth-order valence-corrected chi connectivity index (χ4v) is 1.70. The molecule has 1 fully saturated rings. The van der Waals surface area contributed by atoms with E-state index in [0.29, 0.717) is 10.7 Å². The molecular formula is C8H14N4OS. The van der Waals surface area contributed by atoms with Crippen LogP contribution < -0.4 is 5.32 Å². The molecule has 6 heteroatoms. The summed E-state index contributed by atoms with van der Waals surface area (Å²) in [7, 11) is 0. The summed E-state index contributed by atoms with van der Waals surface area (Å²) in [6.45, 7) is 5.34. The van der Waals surface area contributed by atoms with Crippen LogP contribution in [0.2, 0.25) is 0 Å². The molecule has 5 nitrogen and oxygen atoms in total. The third-order valence-electron chi connectivity index (χ3n) is 2.33. The Hall–Kier alpha value is -0.720. The Morgan fingerprint density at radius 1 is 1.43 bits per heavy atom. The number of rotatable bonds is 3. The summed E-state index contributed by atoms with van der Waals surface area (Å²) in [5.74, 6) is 0.702. The molecule has 0 radical (unpaired) electrons. The zero-order valence-electron chi connectivity index (χ0n) is 7.95. The van der Waals surface area contributed by atoms with E-state index in [0.717, 1.165) is 39.1 Å². The van der Waals surface area contributed by atoms with Gasteiger partial charge in [-0.2, -0.15) is 0 Å². The molecule has 2 N–H and O–H groups in total. The van der Waals surface area contributed by atoms with E-state index in [2.05, 4.69) is 20.4 Å². The molecule has 1 aliphatic rings. The lowest BCUT2D eigenvalue weighted by Crippen LogP contribution is -2.44. The first-order valence-electron chi connectivity index (χ1n) is 4.82. The van der Waals surface area contributed by atoms with E-state index in [-0.39, 0.29) is 0 Å². The normalized spacial score (nSPS) is 18.6. The van der Waals surface area contributed by atoms with Crippen LogP contribution in [-0.4, -0.2) is 47.8 Å². The topological polar surface area (TPSA) is 57.1 Å². The molecule has 0 unspecified atom stereocenters. The highest BCUT2D eigenvalue weighted by Gasteiger charge is 2.10. The fourth-order valence-electron chi connectivity index (χ4n) is 1.56. The predicted octanol–water partition coefficient (Wildman–Crippen LogP) is 0.180. The SMILES string of the molecule is S=c1[nH]nc(CCN2CCNCC2)o1. The molecule has 1 aromatic rings. The molecule has 2 rings (SSSR count). The maximum Gasteiger partial charge on any atom is 0.284 e. The van der Waals surface area contributed by atoms with Gasteiger partial charge in [0.25, 0.3) is 4.84 Å². The van der Waals surface area contributed by atoms with E-state index in [4.69, 9.17) is 16.6 Å². The van der Waals surface area contributed by atoms with Crippen LogP contribution in [-0.2, 0) is 6.42 Å². The molecule has 0 atom stereocenters. The fraction of sp³-hybridized carbons (Fsp3) is 0.750. The van der Waals surface area contributed by atoms with Crippen molar-refractivity contribution in [3.05, 3.63) is 10.7 Å². The lowest BCUT2D eigenvalue weighted by Gasteiger charge is -2.26. The summed E-state index contributed by atoms with van der Waals surface area (Å²) in [6.07, 6.45) is 0.827. The van der Waals surface area contributed by atoms with Crippen LogP contribution in [0.3, 0.4) is 0 Å². The molecule has 1 aromatic heterocycles. The van der Waals surface area contributed by atoms with Gasteiger partial charge in [0.15, 0.2) is 0 Å². The van der Waals surface area contributed by atoms with Gasteiger partial charge in [-0.1, -0.05) is 0 Å². The summed E-state index contributed by atoms with van der Waals surface area (Å²) in [4.78, 5) is 2.75. The van der Waals surface area contributed by atoms with Crippen molar-refractivity contribution in [2.45, 2.75) is 6.42 Å². The first kappa shape index (κ1) is 9.82. The molecule has 0 aromatic carbocycles. The summed E-state index contributed by atoms with van der Waals surface area (Å²) in [5, 5.41) is 9.90. The number of nitrogens with zero attached hydrogens (tertiary/aromatic N) is 2. The summed E-state index contributed by atoms with van der Waals surface area (Å²) < 4.78 is 5.18. The van der Waals surface area contributed by atoms with Gasteiger partial charge < -0.3 is 14.6 Å². The molecule has 14 heavy (non-hydrogen) atoms. The van der Waals surface area contributed by atoms with Crippen LogP contribution in [0.1, 0.15) is 5.89 Å². The van der Waals surface area contributed by atoms with E-state index in [9.17, 15) is 0 Å². The minimum Gasteiger partial charge on any atom is -0.414 e. The van der Waals surface area contributed by atoms with Crippen molar-refractivity contribution in [2.24, 2.45) is 0 Å². The lowest BCUT2D eigenvalue weighted by molar-refractivity contribution is 0.237. The van der Waals surface area contributed by atoms with Gasteiger partial charge in [-0.15, -0.1) is 5.10 Å². The minimum absolute atomic E-state index is 0.361. The highest BCUT2D eigenvalue weighted by Crippen LogP contribution is 1.99. The second-order valence-electron chi connectivity index (χ2n) is 3.35. The Bertz CT molecular complexity index is 328. The zero-order chi connectivity index (χ0) is 9.80. The molecule has 0 aliphatic carbocycles. The second-order valence-corrected chi connectivity index (χ2v) is 3.72. The van der Waals surface area contributed by atoms with Crippen molar-refractivity contribution < 1.29 is 4.42 Å². The molecule has 0 bridgehead atoms. The van der Waals surface area contributed by atoms with Gasteiger partial charge in [-0.3, -0.25) is 0 Å². The Balaban J connectivity index is 1.78. The first-order chi connectivity index (χ1) is 6.84. The Kier molecular flexibility index (Phi) is 3.28. The highest BCUT2D eigenvalue weighted by atomic mass is 32.1. The van der Waals surface area contributed by atoms with Crippen molar-refractivity contribution in [1.29, 1.82) is 0 Å². The Labute approximate surface area is 87.5 Å². The van der Waals surface area contributed by atoms with Crippen LogP contribution >= 0.6 is 12.2 Å². The molecule has 0 amide bonds. The summed E-state index contributed by atoms with van der Waals surface area (Å²) in [6, 6.07) is 0. The van der Waals surface area contributed by atoms with Gasteiger partial charge in [0.05, 0.1) is 0 Å². The number of hydrogen-bond acceptors (Lipinski definition) is 5. The van der Waals surface area contributed by atoms with Gasteiger partial charge >= 0.3 is 0 Å². The summed E-state index contributed by atoms with van der Waals surface area (Å²) >= 11 is 4.80. The van der Waals surface area contributed by atoms with Gasteiger partial charge in [0.2, 0.25) is 5.89 Å². The maximum absolute atomic E-state index is 5.18. The number of aromatic amines is 1. The first-order valence-corrected chi connectivity index (χ1v) is 5.23. The van der Waals surface area contributed by atoms with Crippen LogP contribution in [0, 0.1) is 4.84 Å². The van der Waals surface area contributed by atoms with Crippen molar-refractivity contribution in [2.75, 3.05) is 32.7 Å². The maximum atomic E-state index is 5.18. The predicted molar refractivity (Wildman–Crippen MR) is 54.7 cm³/mol. The average molecular weight is 214 g/mol. The number of aromatic nitrogens is 2. The lowest BCUT2D eigenvalue weighted by atomic mass is 10.3. The third kappa shape index (κ3) is 2.63. The van der Waals surface area contributed by atoms with E-state index in [1.807, 2.05) is 0 Å². The molecule has 1 aliphatic heterocycles. The molecule has 2 heterocycles. The number of nitrogens with one attached hydrogen (secondary N) is 2. The van der Waals surface area contributed by atoms with Crippen molar-refractivity contribution in [1.82, 2.24) is 20.4 Å². The number of hydrogen-bond donors (Lipinski definition) is 2. The Morgan fingerprint density at radius 2 is 2.21 bits per heavy atom. The van der Waals surface area contributed by atoms with E-state index < -0.39 is 0 Å². The van der Waals surface area contributed by atoms with Crippen LogP contribution in [0.15, 0.2) is 4.42 Å². The quantitative estimate of drug-likeness (QED) is 0.703. The highest BCUT2D eigenvalue weighted by molar-refractivity contribution is 7.71. The third-order valence-corrected chi connectivity index (χ3v) is 2.51. The minimum atomic E-state index is 0.361. The molecule has 1 saturated heterocycles. The number of piperazine rings is 1. The molecule has 0 saturated carbocycles. The Morgan fingerprint density at radius 3 is 2.86 bits per heavy atom. The van der Waals surface area contributed by atoms with E-state index in [1.54, 1.807) is 0 Å². The van der Waals surface area contributed by atoms with Crippen LogP contribution in [0.25, 0.3) is 0 Å². The van der Waals surface area contributed by atoms with Crippen molar-refractivity contribution >= 4 is 12.2 Å². The van der Waals surface area contributed by atoms with Crippen molar-refractivity contribution in [3.63, 3.8) is 0 Å². The van der Waals surface area contributed by atoms with E-state index in [1.165, 1.54) is 0 Å². The van der Waals surface area contributed by atoms with Gasteiger partial charge in [0, 0.05) is 39.1 Å². The largest absolute Gasteiger partial charge is 0.414 e. The van der Waals surface area contributed by atoms with Gasteiger partial charge in [-0.05, 0) is 12.2 Å². The number of H-pyrrole nitrogens is 1. The molecular weight excluding hydrogens is 200 g/mol. The average Bonchev–Trinajstić information content (AvgIpc) is 2.63. The summed E-state index contributed by atoms with van der Waals surface area (Å²) in [5.41, 5.74) is 0. The van der Waals surface area contributed by atoms with Gasteiger partial charge in [-0.25, -0.2) is 5.10 Å². The van der Waals surface area contributed by atoms with Crippen LogP contribution in [0.4, 0.5) is 0 Å².